The zero-order valence-electron chi connectivity index (χ0n) is 18.1. The van der Waals surface area contributed by atoms with Gasteiger partial charge in [-0.1, -0.05) is 18.2 Å². The van der Waals surface area contributed by atoms with Gasteiger partial charge in [-0.05, 0) is 42.7 Å². The first kappa shape index (κ1) is 23.1. The van der Waals surface area contributed by atoms with E-state index in [2.05, 4.69) is 0 Å². The fraction of sp³-hybridized carbons (Fsp3) is 0.417. The van der Waals surface area contributed by atoms with Crippen LogP contribution >= 0.6 is 0 Å². The number of carbonyl (C=O) groups excluding carboxylic acids is 2. The minimum Gasteiger partial charge on any atom is -0.491 e. The highest BCUT2D eigenvalue weighted by atomic mass is 19.4. The number of carbonyl (C=O) groups is 2. The molecule has 33 heavy (non-hydrogen) atoms. The van der Waals surface area contributed by atoms with E-state index in [0.29, 0.717) is 48.5 Å². The zero-order chi connectivity index (χ0) is 23.6. The number of hydrogen-bond acceptors (Lipinski definition) is 5. The van der Waals surface area contributed by atoms with Crippen LogP contribution in [0.3, 0.4) is 0 Å². The summed E-state index contributed by atoms with van der Waals surface area (Å²) in [5.74, 6) is -0.388. The van der Waals surface area contributed by atoms with Crippen LogP contribution in [0.4, 0.5) is 13.2 Å². The van der Waals surface area contributed by atoms with Crippen molar-refractivity contribution in [1.29, 1.82) is 0 Å². The standard InChI is InChI=1S/C24H24F3NO5/c1-31-23(30)17-2-3-18-13-28(22(29)16-8-10-32-11-9-16)20(14-33-21(18)12-17)15-4-6-19(7-5-15)24(25,26)27/h2-7,12,16,20H,8-11,13-14H2,1H3. The number of fused-ring (bicyclic) bond motifs is 1. The van der Waals surface area contributed by atoms with Crippen molar-refractivity contribution in [3.63, 3.8) is 0 Å². The summed E-state index contributed by atoms with van der Waals surface area (Å²) in [5, 5.41) is 0. The number of rotatable bonds is 3. The molecule has 0 aliphatic carbocycles. The molecule has 1 fully saturated rings. The van der Waals surface area contributed by atoms with Gasteiger partial charge in [0.1, 0.15) is 12.4 Å². The highest BCUT2D eigenvalue weighted by Crippen LogP contribution is 2.36. The summed E-state index contributed by atoms with van der Waals surface area (Å²) in [7, 11) is 1.28. The smallest absolute Gasteiger partial charge is 0.416 e. The largest absolute Gasteiger partial charge is 0.491 e. The molecule has 6 nitrogen and oxygen atoms in total. The summed E-state index contributed by atoms with van der Waals surface area (Å²) < 4.78 is 55.2. The molecule has 0 saturated carbocycles. The second-order valence-corrected chi connectivity index (χ2v) is 8.11. The molecule has 1 unspecified atom stereocenters. The topological polar surface area (TPSA) is 65.1 Å². The van der Waals surface area contributed by atoms with E-state index in [1.165, 1.54) is 19.2 Å². The third-order valence-electron chi connectivity index (χ3n) is 6.08. The van der Waals surface area contributed by atoms with Gasteiger partial charge >= 0.3 is 12.1 Å². The number of methoxy groups -OCH3 is 1. The summed E-state index contributed by atoms with van der Waals surface area (Å²) in [5.41, 5.74) is 0.808. The lowest BCUT2D eigenvalue weighted by molar-refractivity contribution is -0.142. The lowest BCUT2D eigenvalue weighted by atomic mass is 9.95. The Balaban J connectivity index is 1.68. The molecule has 4 rings (SSSR count). The number of hydrogen-bond donors (Lipinski definition) is 0. The van der Waals surface area contributed by atoms with Crippen molar-refractivity contribution in [2.75, 3.05) is 26.9 Å². The molecule has 1 amide bonds. The highest BCUT2D eigenvalue weighted by molar-refractivity contribution is 5.90. The maximum Gasteiger partial charge on any atom is 0.416 e. The van der Waals surface area contributed by atoms with Gasteiger partial charge in [0.15, 0.2) is 0 Å². The van der Waals surface area contributed by atoms with Crippen molar-refractivity contribution < 1.29 is 37.0 Å². The first-order chi connectivity index (χ1) is 15.8. The summed E-state index contributed by atoms with van der Waals surface area (Å²) in [4.78, 5) is 27.1. The lowest BCUT2D eigenvalue weighted by Crippen LogP contribution is -2.41. The zero-order valence-corrected chi connectivity index (χ0v) is 18.1. The van der Waals surface area contributed by atoms with E-state index in [1.54, 1.807) is 23.1 Å². The average Bonchev–Trinajstić information content (AvgIpc) is 3.02. The predicted octanol–water partition coefficient (Wildman–Crippen LogP) is 4.38. The van der Waals surface area contributed by atoms with Crippen LogP contribution in [0.1, 0.15) is 45.9 Å². The summed E-state index contributed by atoms with van der Waals surface area (Å²) in [6, 6.07) is 9.09. The van der Waals surface area contributed by atoms with Crippen LogP contribution in [-0.4, -0.2) is 43.7 Å². The van der Waals surface area contributed by atoms with Crippen LogP contribution in [0.15, 0.2) is 42.5 Å². The van der Waals surface area contributed by atoms with E-state index in [1.807, 2.05) is 0 Å². The first-order valence-corrected chi connectivity index (χ1v) is 10.7. The molecule has 0 aromatic heterocycles. The molecule has 1 saturated heterocycles. The van der Waals surface area contributed by atoms with Crippen molar-refractivity contribution in [2.45, 2.75) is 31.6 Å². The maximum atomic E-state index is 13.5. The quantitative estimate of drug-likeness (QED) is 0.632. The number of halogens is 3. The van der Waals surface area contributed by atoms with Gasteiger partial charge in [0.2, 0.25) is 5.91 Å². The fourth-order valence-corrected chi connectivity index (χ4v) is 4.20. The molecule has 0 radical (unpaired) electrons. The Kier molecular flexibility index (Phi) is 6.60. The molecular formula is C24H24F3NO5. The first-order valence-electron chi connectivity index (χ1n) is 10.7. The minimum absolute atomic E-state index is 0.0396. The van der Waals surface area contributed by atoms with Crippen LogP contribution in [-0.2, 0) is 27.0 Å². The van der Waals surface area contributed by atoms with Gasteiger partial charge in [0, 0.05) is 24.7 Å². The number of nitrogens with zero attached hydrogens (tertiary/aromatic N) is 1. The normalized spacial score (nSPS) is 19.3. The van der Waals surface area contributed by atoms with Crippen molar-refractivity contribution in [2.24, 2.45) is 5.92 Å². The molecule has 1 atom stereocenters. The van der Waals surface area contributed by atoms with Crippen molar-refractivity contribution in [1.82, 2.24) is 4.90 Å². The van der Waals surface area contributed by atoms with E-state index < -0.39 is 23.8 Å². The van der Waals surface area contributed by atoms with E-state index >= 15 is 0 Å². The minimum atomic E-state index is -4.45. The molecule has 2 aliphatic rings. The summed E-state index contributed by atoms with van der Waals surface area (Å²) >= 11 is 0. The van der Waals surface area contributed by atoms with Crippen LogP contribution in [0, 0.1) is 5.92 Å². The number of amides is 1. The molecule has 2 aromatic rings. The summed E-state index contributed by atoms with van der Waals surface area (Å²) in [6.07, 6.45) is -3.27. The molecule has 2 aromatic carbocycles. The third kappa shape index (κ3) is 4.98. The van der Waals surface area contributed by atoms with Gasteiger partial charge in [0.05, 0.1) is 30.8 Å². The monoisotopic (exact) mass is 463 g/mol. The fourth-order valence-electron chi connectivity index (χ4n) is 4.20. The van der Waals surface area contributed by atoms with E-state index in [0.717, 1.165) is 12.1 Å². The molecule has 9 heteroatoms. The average molecular weight is 463 g/mol. The Morgan fingerprint density at radius 1 is 1.06 bits per heavy atom. The second kappa shape index (κ2) is 9.43. The van der Waals surface area contributed by atoms with Crippen molar-refractivity contribution >= 4 is 11.9 Å². The maximum absolute atomic E-state index is 13.5. The summed E-state index contributed by atoms with van der Waals surface area (Å²) in [6.45, 7) is 1.23. The Hall–Kier alpha value is -3.07. The van der Waals surface area contributed by atoms with E-state index in [-0.39, 0.29) is 25.0 Å². The van der Waals surface area contributed by atoms with Crippen molar-refractivity contribution in [3.05, 3.63) is 64.7 Å². The molecule has 176 valence electrons. The molecule has 0 bridgehead atoms. The highest BCUT2D eigenvalue weighted by Gasteiger charge is 2.36. The van der Waals surface area contributed by atoms with Crippen LogP contribution < -0.4 is 4.74 Å². The Bertz CT molecular complexity index is 1020. The molecule has 2 heterocycles. The molecular weight excluding hydrogens is 439 g/mol. The van der Waals surface area contributed by atoms with Gasteiger partial charge < -0.3 is 19.1 Å². The van der Waals surface area contributed by atoms with Gasteiger partial charge in [-0.15, -0.1) is 0 Å². The van der Waals surface area contributed by atoms with Gasteiger partial charge in [0.25, 0.3) is 0 Å². The molecule has 2 aliphatic heterocycles. The number of ether oxygens (including phenoxy) is 3. The molecule has 0 N–H and O–H groups in total. The van der Waals surface area contributed by atoms with Crippen LogP contribution in [0.2, 0.25) is 0 Å². The van der Waals surface area contributed by atoms with Crippen molar-refractivity contribution in [3.8, 4) is 5.75 Å². The lowest BCUT2D eigenvalue weighted by Gasteiger charge is -2.34. The van der Waals surface area contributed by atoms with E-state index in [9.17, 15) is 22.8 Å². The second-order valence-electron chi connectivity index (χ2n) is 8.11. The van der Waals surface area contributed by atoms with E-state index in [4.69, 9.17) is 14.2 Å². The van der Waals surface area contributed by atoms with Gasteiger partial charge in [-0.2, -0.15) is 13.2 Å². The third-order valence-corrected chi connectivity index (χ3v) is 6.08. The predicted molar refractivity (Wildman–Crippen MR) is 112 cm³/mol. The number of benzene rings is 2. The Morgan fingerprint density at radius 3 is 2.39 bits per heavy atom. The molecule has 0 spiro atoms. The van der Waals surface area contributed by atoms with Crippen LogP contribution in [0.25, 0.3) is 0 Å². The van der Waals surface area contributed by atoms with Gasteiger partial charge in [-0.25, -0.2) is 4.79 Å². The van der Waals surface area contributed by atoms with Crippen LogP contribution in [0.5, 0.6) is 5.75 Å². The number of esters is 1. The Morgan fingerprint density at radius 2 is 1.76 bits per heavy atom. The SMILES string of the molecule is COC(=O)c1ccc2c(c1)OCC(c1ccc(C(F)(F)F)cc1)N(C(=O)C1CCOCC1)C2. The number of alkyl halides is 3. The van der Waals surface area contributed by atoms with Gasteiger partial charge in [-0.3, -0.25) is 4.79 Å². The Labute approximate surface area is 189 Å².